The van der Waals surface area contributed by atoms with Crippen LogP contribution in [0.1, 0.15) is 6.92 Å². The van der Waals surface area contributed by atoms with Crippen molar-refractivity contribution in [1.29, 1.82) is 0 Å². The van der Waals surface area contributed by atoms with E-state index in [1.54, 1.807) is 37.3 Å². The average molecular weight is 686 g/mol. The number of para-hydroxylation sites is 1. The quantitative estimate of drug-likeness (QED) is 0.141. The van der Waals surface area contributed by atoms with Crippen LogP contribution >= 0.6 is 15.7 Å². The summed E-state index contributed by atoms with van der Waals surface area (Å²) in [4.78, 5) is 9.31. The Balaban J connectivity index is 0.000000247. The van der Waals surface area contributed by atoms with Gasteiger partial charge in [0.25, 0.3) is 0 Å². The van der Waals surface area contributed by atoms with Crippen molar-refractivity contribution in [3.63, 3.8) is 0 Å². The fraction of sp³-hybridized carbons (Fsp3) is 0.0714. The summed E-state index contributed by atoms with van der Waals surface area (Å²) in [7, 11) is -4.54. The van der Waals surface area contributed by atoms with Crippen LogP contribution in [0.25, 0.3) is 0 Å². The normalized spacial score (nSPS) is 12.8. The molecule has 4 aromatic rings. The molecule has 4 rings (SSSR count). The van der Waals surface area contributed by atoms with Crippen LogP contribution in [-0.2, 0) is 31.5 Å². The van der Waals surface area contributed by atoms with Crippen molar-refractivity contribution in [2.75, 3.05) is 0 Å². The first-order chi connectivity index (χ1) is 16.5. The molecule has 0 aliphatic heterocycles. The molecule has 0 aliphatic rings. The van der Waals surface area contributed by atoms with Crippen LogP contribution in [0.3, 0.4) is 0 Å². The van der Waals surface area contributed by atoms with E-state index >= 15 is 0 Å². The van der Waals surface area contributed by atoms with Gasteiger partial charge in [0, 0.05) is 0 Å². The van der Waals surface area contributed by atoms with Gasteiger partial charge in [-0.15, -0.1) is 0 Å². The molecule has 184 valence electrons. The van der Waals surface area contributed by atoms with E-state index in [1.165, 1.54) is 15.9 Å². The zero-order valence-corrected chi connectivity index (χ0v) is 23.2. The van der Waals surface area contributed by atoms with Crippen LogP contribution in [0.5, 0.6) is 5.75 Å². The van der Waals surface area contributed by atoms with Crippen LogP contribution in [0.4, 0.5) is 0 Å². The first-order valence-corrected chi connectivity index (χ1v) is 13.6. The average Bonchev–Trinajstić information content (AvgIpc) is 2.86. The molecular weight excluding hydrogens is 659 g/mol. The Morgan fingerprint density at radius 2 is 1.09 bits per heavy atom. The van der Waals surface area contributed by atoms with Gasteiger partial charge in [-0.25, -0.2) is 4.57 Å². The predicted molar refractivity (Wildman–Crippen MR) is 141 cm³/mol. The minimum atomic E-state index is -4.09. The van der Waals surface area contributed by atoms with E-state index < -0.39 is 21.8 Å². The summed E-state index contributed by atoms with van der Waals surface area (Å²) in [6, 6.07) is 40.6. The minimum absolute atomic E-state index is 0. The molecule has 0 radical (unpaired) electrons. The van der Waals surface area contributed by atoms with Gasteiger partial charge < -0.3 is 15.1 Å². The Morgan fingerprint density at radius 1 is 0.743 bits per heavy atom. The maximum Gasteiger partial charge on any atom is 1.00 e. The van der Waals surface area contributed by atoms with E-state index in [-0.39, 0.29) is 28.1 Å². The molecular formula is C28H27AuO4P2. The molecule has 1 N–H and O–H groups in total. The first-order valence-electron chi connectivity index (χ1n) is 10.7. The van der Waals surface area contributed by atoms with E-state index in [2.05, 4.69) is 104 Å². The molecule has 35 heavy (non-hydrogen) atoms. The predicted octanol–water partition coefficient (Wildman–Crippen LogP) is 6.00. The van der Waals surface area contributed by atoms with Crippen LogP contribution < -0.4 is 20.4 Å². The largest absolute Gasteiger partial charge is 1.00 e. The van der Waals surface area contributed by atoms with Crippen LogP contribution in [0.15, 0.2) is 128 Å². The maximum absolute atomic E-state index is 11.4. The summed E-state index contributed by atoms with van der Waals surface area (Å²) >= 11 is 0. The van der Waals surface area contributed by atoms with Crippen molar-refractivity contribution in [2.24, 2.45) is 0 Å². The van der Waals surface area contributed by atoms with E-state index in [4.69, 9.17) is 9.05 Å². The SMILES string of the molecule is C=[C-]C(C)OP(=O)(O)Oc1ccccc1.[Au+].c1ccc(P(c2ccccc2)c2ccccc2)cc1. The van der Waals surface area contributed by atoms with Crippen molar-refractivity contribution in [3.05, 3.63) is 134 Å². The van der Waals surface area contributed by atoms with E-state index in [9.17, 15) is 9.46 Å². The van der Waals surface area contributed by atoms with Gasteiger partial charge in [0.2, 0.25) is 0 Å². The number of rotatable bonds is 8. The summed E-state index contributed by atoms with van der Waals surface area (Å²) in [6.45, 7) is 4.86. The fourth-order valence-electron chi connectivity index (χ4n) is 3.05. The third-order valence-corrected chi connectivity index (χ3v) is 8.05. The van der Waals surface area contributed by atoms with Gasteiger partial charge in [0.1, 0.15) is 5.75 Å². The molecule has 0 spiro atoms. The molecule has 0 saturated heterocycles. The Hall–Kier alpha value is -2.26. The molecule has 0 fully saturated rings. The van der Waals surface area contributed by atoms with Gasteiger partial charge in [-0.1, -0.05) is 122 Å². The molecule has 0 amide bonds. The topological polar surface area (TPSA) is 55.8 Å². The van der Waals surface area contributed by atoms with Gasteiger partial charge in [-0.05, 0) is 36.0 Å². The minimum Gasteiger partial charge on any atom is -0.474 e. The van der Waals surface area contributed by atoms with Gasteiger partial charge in [0.05, 0.1) is 0 Å². The van der Waals surface area contributed by atoms with Gasteiger partial charge in [-0.2, -0.15) is 0 Å². The number of hydrogen-bond acceptors (Lipinski definition) is 3. The molecule has 7 heteroatoms. The number of phosphoric ester groups is 1. The molecule has 2 unspecified atom stereocenters. The monoisotopic (exact) mass is 686 g/mol. The zero-order valence-electron chi connectivity index (χ0n) is 19.2. The molecule has 0 heterocycles. The summed E-state index contributed by atoms with van der Waals surface area (Å²) < 4.78 is 20.9. The van der Waals surface area contributed by atoms with Crippen LogP contribution in [0, 0.1) is 6.08 Å². The van der Waals surface area contributed by atoms with Crippen molar-refractivity contribution < 1.29 is 40.9 Å². The second-order valence-electron chi connectivity index (χ2n) is 7.17. The molecule has 0 aromatic heterocycles. The Labute approximate surface area is 224 Å². The van der Waals surface area contributed by atoms with Crippen LogP contribution in [0.2, 0.25) is 0 Å². The van der Waals surface area contributed by atoms with Gasteiger partial charge in [0.15, 0.2) is 0 Å². The second-order valence-corrected chi connectivity index (χ2v) is 10.7. The molecule has 4 aromatic carbocycles. The Bertz CT molecular complexity index is 1080. The third-order valence-electron chi connectivity index (χ3n) is 4.59. The number of phosphoric acid groups is 1. The number of benzene rings is 4. The summed E-state index contributed by atoms with van der Waals surface area (Å²) in [5, 5.41) is 4.19. The first kappa shape index (κ1) is 29.0. The van der Waals surface area contributed by atoms with Crippen molar-refractivity contribution >= 4 is 31.7 Å². The summed E-state index contributed by atoms with van der Waals surface area (Å²) in [5.41, 5.74) is 0. The summed E-state index contributed by atoms with van der Waals surface area (Å²) in [6.07, 6.45) is 1.76. The van der Waals surface area contributed by atoms with E-state index in [0.29, 0.717) is 0 Å². The van der Waals surface area contributed by atoms with E-state index in [0.717, 1.165) is 0 Å². The Kier molecular flexibility index (Phi) is 12.4. The zero-order chi connectivity index (χ0) is 24.2. The molecule has 4 nitrogen and oxygen atoms in total. The second kappa shape index (κ2) is 15.0. The molecule has 2 atom stereocenters. The number of hydrogen-bond donors (Lipinski definition) is 1. The van der Waals surface area contributed by atoms with Gasteiger partial charge in [-0.3, -0.25) is 11.5 Å². The van der Waals surface area contributed by atoms with Gasteiger partial charge >= 0.3 is 30.2 Å². The smallest absolute Gasteiger partial charge is 0.474 e. The standard InChI is InChI=1S/C18H15P.C10H12O4P.Au/c1-4-10-16(11-5-1)19(17-12-6-2-7-13-17)18-14-8-3-9-15-18;1-3-9(2)13-15(11,12)14-10-7-5-4-6-8-10;/h1-15H;4-9H,1H2,2H3,(H,11,12);/q;-1;+1. The van der Waals surface area contributed by atoms with Crippen molar-refractivity contribution in [2.45, 2.75) is 13.0 Å². The molecule has 0 aliphatic carbocycles. The third kappa shape index (κ3) is 9.72. The van der Waals surface area contributed by atoms with Crippen molar-refractivity contribution in [3.8, 4) is 5.75 Å². The maximum atomic E-state index is 11.4. The molecule has 0 saturated carbocycles. The van der Waals surface area contributed by atoms with Crippen molar-refractivity contribution in [1.82, 2.24) is 0 Å². The molecule has 0 bridgehead atoms. The van der Waals surface area contributed by atoms with Crippen LogP contribution in [-0.4, -0.2) is 11.0 Å². The van der Waals surface area contributed by atoms with E-state index in [1.807, 2.05) is 0 Å². The summed E-state index contributed by atoms with van der Waals surface area (Å²) in [5.74, 6) is 0.277. The fourth-order valence-corrected chi connectivity index (χ4v) is 6.26. The Morgan fingerprint density at radius 3 is 1.43 bits per heavy atom.